The number of hydrogen-bond donors (Lipinski definition) is 3. The van der Waals surface area contributed by atoms with Crippen molar-refractivity contribution in [3.8, 4) is 0 Å². The van der Waals surface area contributed by atoms with Crippen molar-refractivity contribution >= 4 is 11.7 Å². The van der Waals surface area contributed by atoms with Gasteiger partial charge in [0.25, 0.3) is 0 Å². The Morgan fingerprint density at radius 3 is 2.83 bits per heavy atom. The van der Waals surface area contributed by atoms with Crippen molar-refractivity contribution < 1.29 is 9.90 Å². The third kappa shape index (κ3) is 4.01. The Labute approximate surface area is 108 Å². The van der Waals surface area contributed by atoms with Crippen LogP contribution in [-0.2, 0) is 0 Å². The van der Waals surface area contributed by atoms with E-state index in [1.165, 1.54) is 4.90 Å². The van der Waals surface area contributed by atoms with E-state index < -0.39 is 0 Å². The molecule has 1 aromatic carbocycles. The summed E-state index contributed by atoms with van der Waals surface area (Å²) in [5.74, 6) is 0. The van der Waals surface area contributed by atoms with Gasteiger partial charge < -0.3 is 20.6 Å². The Hall–Kier alpha value is -1.59. The van der Waals surface area contributed by atoms with Crippen LogP contribution in [0.1, 0.15) is 18.5 Å². The lowest BCUT2D eigenvalue weighted by Gasteiger charge is -2.17. The van der Waals surface area contributed by atoms with E-state index in [1.807, 2.05) is 31.3 Å². The summed E-state index contributed by atoms with van der Waals surface area (Å²) in [6.07, 6.45) is 0. The predicted octanol–water partition coefficient (Wildman–Crippen LogP) is 1.42. The molecule has 2 amide bonds. The lowest BCUT2D eigenvalue weighted by molar-refractivity contribution is 0.202. The maximum Gasteiger partial charge on any atom is 0.321 e. The number of nitrogens with one attached hydrogen (secondary N) is 2. The zero-order valence-electron chi connectivity index (χ0n) is 11.1. The van der Waals surface area contributed by atoms with E-state index in [4.69, 9.17) is 5.11 Å². The lowest BCUT2D eigenvalue weighted by atomic mass is 10.1. The number of urea groups is 1. The summed E-state index contributed by atoms with van der Waals surface area (Å²) in [6.45, 7) is 2.33. The Morgan fingerprint density at radius 1 is 1.50 bits per heavy atom. The molecule has 100 valence electrons. The van der Waals surface area contributed by atoms with Crippen molar-refractivity contribution in [2.75, 3.05) is 32.6 Å². The molecule has 0 heterocycles. The van der Waals surface area contributed by atoms with Crippen LogP contribution in [0.15, 0.2) is 24.3 Å². The van der Waals surface area contributed by atoms with Crippen LogP contribution < -0.4 is 10.6 Å². The SMILES string of the molecule is CNC(C)c1cccc(NC(=O)N(C)CCO)c1. The van der Waals surface area contributed by atoms with E-state index in [9.17, 15) is 4.79 Å². The summed E-state index contributed by atoms with van der Waals surface area (Å²) in [5, 5.41) is 14.7. The second kappa shape index (κ2) is 6.98. The highest BCUT2D eigenvalue weighted by molar-refractivity contribution is 5.89. The molecule has 0 fully saturated rings. The molecule has 5 heteroatoms. The Morgan fingerprint density at radius 2 is 2.22 bits per heavy atom. The number of carbonyl (C=O) groups excluding carboxylic acids is 1. The number of rotatable bonds is 5. The molecule has 0 saturated heterocycles. The summed E-state index contributed by atoms with van der Waals surface area (Å²) in [5.41, 5.74) is 1.87. The van der Waals surface area contributed by atoms with Gasteiger partial charge in [-0.25, -0.2) is 4.79 Å². The van der Waals surface area contributed by atoms with Crippen molar-refractivity contribution in [1.82, 2.24) is 10.2 Å². The smallest absolute Gasteiger partial charge is 0.321 e. The van der Waals surface area contributed by atoms with Gasteiger partial charge in [0.2, 0.25) is 0 Å². The third-order valence-corrected chi connectivity index (χ3v) is 2.85. The summed E-state index contributed by atoms with van der Waals surface area (Å²) in [6, 6.07) is 7.71. The average molecular weight is 251 g/mol. The van der Waals surface area contributed by atoms with E-state index in [-0.39, 0.29) is 18.7 Å². The first kappa shape index (κ1) is 14.5. The van der Waals surface area contributed by atoms with Gasteiger partial charge in [0.05, 0.1) is 6.61 Å². The Balaban J connectivity index is 2.70. The maximum atomic E-state index is 11.7. The monoisotopic (exact) mass is 251 g/mol. The number of aliphatic hydroxyl groups is 1. The van der Waals surface area contributed by atoms with E-state index in [0.717, 1.165) is 11.3 Å². The molecule has 0 bridgehead atoms. The number of hydrogen-bond acceptors (Lipinski definition) is 3. The van der Waals surface area contributed by atoms with Gasteiger partial charge in [0.1, 0.15) is 0 Å². The third-order valence-electron chi connectivity index (χ3n) is 2.85. The van der Waals surface area contributed by atoms with E-state index in [1.54, 1.807) is 7.05 Å². The fraction of sp³-hybridized carbons (Fsp3) is 0.462. The molecule has 1 unspecified atom stereocenters. The number of amides is 2. The van der Waals surface area contributed by atoms with Gasteiger partial charge in [-0.05, 0) is 31.7 Å². The van der Waals surface area contributed by atoms with Crippen LogP contribution in [0.5, 0.6) is 0 Å². The van der Waals surface area contributed by atoms with E-state index in [2.05, 4.69) is 17.6 Å². The zero-order chi connectivity index (χ0) is 13.5. The highest BCUT2D eigenvalue weighted by atomic mass is 16.3. The van der Waals surface area contributed by atoms with Crippen LogP contribution in [0.2, 0.25) is 0 Å². The van der Waals surface area contributed by atoms with Crippen LogP contribution in [0.25, 0.3) is 0 Å². The van der Waals surface area contributed by atoms with Crippen molar-refractivity contribution in [2.24, 2.45) is 0 Å². The fourth-order valence-corrected chi connectivity index (χ4v) is 1.52. The lowest BCUT2D eigenvalue weighted by Crippen LogP contribution is -2.33. The largest absolute Gasteiger partial charge is 0.395 e. The number of aliphatic hydroxyl groups excluding tert-OH is 1. The Bertz CT molecular complexity index is 396. The minimum absolute atomic E-state index is 0.0409. The zero-order valence-corrected chi connectivity index (χ0v) is 11.1. The van der Waals surface area contributed by atoms with Crippen LogP contribution in [0, 0.1) is 0 Å². The molecule has 0 radical (unpaired) electrons. The molecular formula is C13H21N3O2. The number of anilines is 1. The molecule has 0 aliphatic heterocycles. The van der Waals surface area contributed by atoms with Crippen LogP contribution in [-0.4, -0.2) is 43.3 Å². The van der Waals surface area contributed by atoms with Gasteiger partial charge in [0, 0.05) is 25.3 Å². The van der Waals surface area contributed by atoms with Crippen molar-refractivity contribution in [3.63, 3.8) is 0 Å². The highest BCUT2D eigenvalue weighted by Crippen LogP contribution is 2.17. The summed E-state index contributed by atoms with van der Waals surface area (Å²) >= 11 is 0. The topological polar surface area (TPSA) is 64.6 Å². The molecule has 0 aliphatic carbocycles. The molecule has 0 aromatic heterocycles. The van der Waals surface area contributed by atoms with Crippen molar-refractivity contribution in [2.45, 2.75) is 13.0 Å². The standard InChI is InChI=1S/C13H21N3O2/c1-10(14-2)11-5-4-6-12(9-11)15-13(18)16(3)7-8-17/h4-6,9-10,14,17H,7-8H2,1-3H3,(H,15,18). The summed E-state index contributed by atoms with van der Waals surface area (Å²) in [4.78, 5) is 13.2. The molecule has 0 aliphatic rings. The number of benzene rings is 1. The number of nitrogens with zero attached hydrogens (tertiary/aromatic N) is 1. The predicted molar refractivity (Wildman–Crippen MR) is 72.7 cm³/mol. The molecule has 5 nitrogen and oxygen atoms in total. The molecular weight excluding hydrogens is 230 g/mol. The number of likely N-dealkylation sites (N-methyl/N-ethyl adjacent to an activating group) is 1. The molecule has 1 rings (SSSR count). The van der Waals surface area contributed by atoms with Crippen molar-refractivity contribution in [3.05, 3.63) is 29.8 Å². The van der Waals surface area contributed by atoms with Crippen LogP contribution in [0.4, 0.5) is 10.5 Å². The molecule has 1 aromatic rings. The van der Waals surface area contributed by atoms with Crippen molar-refractivity contribution in [1.29, 1.82) is 0 Å². The quantitative estimate of drug-likeness (QED) is 0.741. The highest BCUT2D eigenvalue weighted by Gasteiger charge is 2.09. The van der Waals surface area contributed by atoms with Crippen LogP contribution >= 0.6 is 0 Å². The normalized spacial score (nSPS) is 12.0. The Kier molecular flexibility index (Phi) is 5.61. The van der Waals surface area contributed by atoms with E-state index >= 15 is 0 Å². The van der Waals surface area contributed by atoms with Gasteiger partial charge in [0.15, 0.2) is 0 Å². The molecule has 0 spiro atoms. The minimum Gasteiger partial charge on any atom is -0.395 e. The van der Waals surface area contributed by atoms with Gasteiger partial charge in [-0.2, -0.15) is 0 Å². The second-order valence-electron chi connectivity index (χ2n) is 4.21. The fourth-order valence-electron chi connectivity index (χ4n) is 1.52. The number of carbonyl (C=O) groups is 1. The van der Waals surface area contributed by atoms with Gasteiger partial charge in [-0.3, -0.25) is 0 Å². The molecule has 1 atom stereocenters. The van der Waals surface area contributed by atoms with E-state index in [0.29, 0.717) is 6.54 Å². The first-order chi connectivity index (χ1) is 8.58. The van der Waals surface area contributed by atoms with Gasteiger partial charge in [-0.15, -0.1) is 0 Å². The van der Waals surface area contributed by atoms with Gasteiger partial charge >= 0.3 is 6.03 Å². The van der Waals surface area contributed by atoms with Gasteiger partial charge in [-0.1, -0.05) is 12.1 Å². The first-order valence-electron chi connectivity index (χ1n) is 5.98. The maximum absolute atomic E-state index is 11.7. The average Bonchev–Trinajstić information content (AvgIpc) is 2.38. The minimum atomic E-state index is -0.224. The second-order valence-corrected chi connectivity index (χ2v) is 4.21. The molecule has 3 N–H and O–H groups in total. The van der Waals surface area contributed by atoms with Crippen LogP contribution in [0.3, 0.4) is 0 Å². The summed E-state index contributed by atoms with van der Waals surface area (Å²) in [7, 11) is 3.54. The molecule has 0 saturated carbocycles. The summed E-state index contributed by atoms with van der Waals surface area (Å²) < 4.78 is 0. The molecule has 18 heavy (non-hydrogen) atoms. The first-order valence-corrected chi connectivity index (χ1v) is 5.98.